The Kier molecular flexibility index (Phi) is 14.0. The second-order valence-electron chi connectivity index (χ2n) is 10.1. The van der Waals surface area contributed by atoms with Crippen LogP contribution in [0.1, 0.15) is 38.1 Å². The molecule has 5 unspecified atom stereocenters. The van der Waals surface area contributed by atoms with Gasteiger partial charge in [-0.15, -0.1) is 11.0 Å². The molecule has 4 N–H and O–H groups in total. The number of imidazole rings is 1. The lowest BCUT2D eigenvalue weighted by Gasteiger charge is -2.34. The van der Waals surface area contributed by atoms with Crippen molar-refractivity contribution in [1.29, 1.82) is 0 Å². The summed E-state index contributed by atoms with van der Waals surface area (Å²) in [5.74, 6) is 5.06. The van der Waals surface area contributed by atoms with E-state index in [0.29, 0.717) is 25.0 Å². The summed E-state index contributed by atoms with van der Waals surface area (Å²) in [5, 5.41) is 18.0. The Bertz CT molecular complexity index is 1870. The van der Waals surface area contributed by atoms with E-state index in [0.717, 1.165) is 0 Å². The number of hydrogen-bond donors (Lipinski definition) is 3. The van der Waals surface area contributed by atoms with Gasteiger partial charge in [0.05, 0.1) is 44.5 Å². The van der Waals surface area contributed by atoms with E-state index < -0.39 is 62.9 Å². The van der Waals surface area contributed by atoms with Crippen LogP contribution >= 0.6 is 31.3 Å². The zero-order valence-electron chi connectivity index (χ0n) is 25.9. The Morgan fingerprint density at radius 1 is 1.02 bits per heavy atom. The molecule has 4 rings (SSSR count). The van der Waals surface area contributed by atoms with Gasteiger partial charge in [0.25, 0.3) is 23.5 Å². The normalized spacial score (nSPS) is 22.6. The quantitative estimate of drug-likeness (QED) is 0.0724. The molecule has 28 heteroatoms. The number of rotatable bonds is 20. The second-order valence-corrected chi connectivity index (χ2v) is 16.0. The van der Waals surface area contributed by atoms with Crippen LogP contribution in [0.3, 0.4) is 0 Å². The third kappa shape index (κ3) is 12.3. The molecule has 0 aromatic carbocycles. The number of aliphatic hydroxyl groups excluding tert-OH is 1. The van der Waals surface area contributed by atoms with Crippen molar-refractivity contribution in [2.24, 2.45) is 0 Å². The molecule has 0 spiro atoms. The molecule has 0 bridgehead atoms. The fraction of sp³-hybridized carbons (Fsp3) is 0.591. The number of fused-ring (bicyclic) bond motifs is 1. The lowest BCUT2D eigenvalue weighted by atomic mass is 10.2. The van der Waals surface area contributed by atoms with Gasteiger partial charge in [0.15, 0.2) is 11.5 Å². The van der Waals surface area contributed by atoms with E-state index in [1.165, 1.54) is 28.1 Å². The van der Waals surface area contributed by atoms with Crippen LogP contribution in [0.2, 0.25) is 0 Å². The summed E-state index contributed by atoms with van der Waals surface area (Å²) in [5.41, 5.74) is 6.75. The number of aliphatic hydroxyl groups is 1. The number of anilines is 1. The summed E-state index contributed by atoms with van der Waals surface area (Å²) in [6, 6.07) is 0. The van der Waals surface area contributed by atoms with Gasteiger partial charge in [-0.3, -0.25) is 27.3 Å². The Morgan fingerprint density at radius 2 is 1.76 bits per heavy atom. The van der Waals surface area contributed by atoms with Gasteiger partial charge in [-0.25, -0.2) is 32.8 Å². The molecule has 3 aromatic rings. The second kappa shape index (κ2) is 17.3. The van der Waals surface area contributed by atoms with Crippen LogP contribution in [0, 0.1) is 11.8 Å². The first kappa shape index (κ1) is 40.3. The van der Waals surface area contributed by atoms with E-state index in [1.807, 2.05) is 0 Å². The van der Waals surface area contributed by atoms with Crippen LogP contribution in [-0.2, 0) is 62.7 Å². The Hall–Kier alpha value is -2.51. The van der Waals surface area contributed by atoms with Crippen LogP contribution in [0.15, 0.2) is 18.9 Å². The number of nitrogens with two attached hydrogens (primary N) is 1. The first-order chi connectivity index (χ1) is 23.5. The number of aryl methyl sites for hydroxylation is 1. The zero-order chi connectivity index (χ0) is 36.6. The highest BCUT2D eigenvalue weighted by molar-refractivity contribution is 7.65. The fourth-order valence-corrected chi connectivity index (χ4v) is 8.23. The third-order valence-corrected chi connectivity index (χ3v) is 11.5. The molecule has 278 valence electrons. The van der Waals surface area contributed by atoms with E-state index in [1.54, 1.807) is 6.92 Å². The minimum absolute atomic E-state index is 0.0681. The monoisotopic (exact) mass is 787 g/mol. The maximum Gasteiger partial charge on any atom is 0.473 e. The molecular formula is C22H31N8O16P4-3. The van der Waals surface area contributed by atoms with E-state index >= 15 is 0 Å². The molecule has 1 aliphatic heterocycles. The van der Waals surface area contributed by atoms with Crippen LogP contribution in [0.25, 0.3) is 11.2 Å². The van der Waals surface area contributed by atoms with Crippen molar-refractivity contribution in [3.05, 3.63) is 24.5 Å². The van der Waals surface area contributed by atoms with Crippen LogP contribution < -0.4 is 20.4 Å². The van der Waals surface area contributed by atoms with E-state index in [9.17, 15) is 42.9 Å². The minimum Gasteiger partial charge on any atom is -0.756 e. The van der Waals surface area contributed by atoms with Crippen LogP contribution in [0.5, 0.6) is 0 Å². The molecule has 0 radical (unpaired) electrons. The Labute approximate surface area is 283 Å². The van der Waals surface area contributed by atoms with Gasteiger partial charge in [0.1, 0.15) is 30.8 Å². The lowest BCUT2D eigenvalue weighted by Crippen LogP contribution is -2.27. The predicted octanol–water partition coefficient (Wildman–Crippen LogP) is -0.700. The first-order valence-corrected chi connectivity index (χ1v) is 20.2. The molecule has 1 fully saturated rings. The highest BCUT2D eigenvalue weighted by Crippen LogP contribution is 2.63. The molecule has 0 saturated carbocycles. The number of phosphoric acid groups is 4. The number of nitrogens with zero attached hydrogens (tertiary/aromatic N) is 7. The van der Waals surface area contributed by atoms with Crippen molar-refractivity contribution >= 4 is 48.3 Å². The molecule has 0 amide bonds. The summed E-state index contributed by atoms with van der Waals surface area (Å²) >= 11 is 0. The van der Waals surface area contributed by atoms with Crippen molar-refractivity contribution in [2.45, 2.75) is 57.6 Å². The van der Waals surface area contributed by atoms with Crippen molar-refractivity contribution in [2.75, 3.05) is 32.2 Å². The topological polar surface area (TPSA) is 343 Å². The van der Waals surface area contributed by atoms with Crippen LogP contribution in [-0.4, -0.2) is 83.1 Å². The Balaban J connectivity index is 1.16. The Morgan fingerprint density at radius 3 is 2.50 bits per heavy atom. The SMILES string of the molecule is CC#CCOP(=O)(O)OCCCCc1cn(CCOP(=O)([O-])OP(=O)([O-])OP(=O)([O-])OC[C@@H]2O[C@H](n3cnc4c(N)ncnc43)CC2O)nn1. The number of phosphoric ester groups is 3. The summed E-state index contributed by atoms with van der Waals surface area (Å²) < 4.78 is 82.2. The zero-order valence-corrected chi connectivity index (χ0v) is 29.5. The van der Waals surface area contributed by atoms with Gasteiger partial charge in [-0.2, -0.15) is 0 Å². The molecule has 0 aliphatic carbocycles. The van der Waals surface area contributed by atoms with Gasteiger partial charge in [0, 0.05) is 12.6 Å². The smallest absolute Gasteiger partial charge is 0.473 e. The van der Waals surface area contributed by atoms with Gasteiger partial charge >= 0.3 is 7.82 Å². The maximum atomic E-state index is 12.2. The molecule has 50 heavy (non-hydrogen) atoms. The summed E-state index contributed by atoms with van der Waals surface area (Å²) in [6.45, 7) is -0.645. The summed E-state index contributed by atoms with van der Waals surface area (Å²) in [7, 11) is -21.8. The fourth-order valence-electron chi connectivity index (χ4n) is 4.21. The van der Waals surface area contributed by atoms with E-state index in [2.05, 4.69) is 59.3 Å². The third-order valence-electron chi connectivity index (χ3n) is 6.41. The molecule has 7 atom stereocenters. The average Bonchev–Trinajstić information content (AvgIpc) is 3.73. The number of nitrogen functional groups attached to an aromatic ring is 1. The van der Waals surface area contributed by atoms with Gasteiger partial charge in [-0.1, -0.05) is 11.1 Å². The highest BCUT2D eigenvalue weighted by atomic mass is 31.3. The van der Waals surface area contributed by atoms with Crippen molar-refractivity contribution in [1.82, 2.24) is 34.5 Å². The van der Waals surface area contributed by atoms with Gasteiger partial charge in [0.2, 0.25) is 0 Å². The number of unbranched alkanes of at least 4 members (excludes halogenated alkanes) is 1. The predicted molar refractivity (Wildman–Crippen MR) is 159 cm³/mol. The lowest BCUT2D eigenvalue weighted by molar-refractivity contribution is -0.251. The summed E-state index contributed by atoms with van der Waals surface area (Å²) in [4.78, 5) is 57.7. The van der Waals surface area contributed by atoms with E-state index in [4.69, 9.17) is 15.0 Å². The van der Waals surface area contributed by atoms with Crippen molar-refractivity contribution in [3.63, 3.8) is 0 Å². The minimum atomic E-state index is -6.13. The molecule has 3 aromatic heterocycles. The average molecular weight is 787 g/mol. The molecule has 1 aliphatic rings. The standard InChI is InChI=1S/C22H34N8O16P4/c1-2-3-8-40-47(32,33)41-9-5-4-6-16-12-29(28-27-16)7-10-42-48(34,35)45-50(38,39)46-49(36,37)43-13-18-17(31)11-19(44-18)30-15-26-20-21(23)24-14-25-22(20)30/h12,14-15,17-19,31H,4-11,13H2,1H3,(H,32,33)(H,34,35)(H,36,37)(H,38,39)(H2,23,24,25)/p-3/t17?,18-,19-/m0/s1. The number of aromatic nitrogens is 7. The van der Waals surface area contributed by atoms with Crippen molar-refractivity contribution in [3.8, 4) is 11.8 Å². The summed E-state index contributed by atoms with van der Waals surface area (Å²) in [6.07, 6.45) is 1.61. The number of hydrogen-bond acceptors (Lipinski definition) is 21. The largest absolute Gasteiger partial charge is 0.756 e. The van der Waals surface area contributed by atoms with Crippen LogP contribution in [0.4, 0.5) is 5.82 Å². The van der Waals surface area contributed by atoms with E-state index in [-0.39, 0.29) is 43.2 Å². The molecule has 1 saturated heterocycles. The highest BCUT2D eigenvalue weighted by Gasteiger charge is 2.37. The number of ether oxygens (including phenoxy) is 1. The maximum absolute atomic E-state index is 12.2. The first-order valence-electron chi connectivity index (χ1n) is 14.3. The van der Waals surface area contributed by atoms with Gasteiger partial charge < -0.3 is 44.2 Å². The van der Waals surface area contributed by atoms with Crippen molar-refractivity contribution < 1.29 is 74.4 Å². The molecule has 4 heterocycles. The molecular weight excluding hydrogens is 756 g/mol. The van der Waals surface area contributed by atoms with Gasteiger partial charge in [-0.05, 0) is 26.2 Å². The molecule has 24 nitrogen and oxygen atoms in total.